The Balaban J connectivity index is 1.51. The van der Waals surface area contributed by atoms with Gasteiger partial charge in [0.15, 0.2) is 0 Å². The highest BCUT2D eigenvalue weighted by molar-refractivity contribution is 5.91. The summed E-state index contributed by atoms with van der Waals surface area (Å²) in [4.78, 5) is 29.6. The van der Waals surface area contributed by atoms with Crippen LogP contribution >= 0.6 is 0 Å². The largest absolute Gasteiger partial charge is 0.488 e. The van der Waals surface area contributed by atoms with Crippen molar-refractivity contribution in [1.29, 1.82) is 0 Å². The van der Waals surface area contributed by atoms with E-state index in [2.05, 4.69) is 4.98 Å². The summed E-state index contributed by atoms with van der Waals surface area (Å²) in [5, 5.41) is 0. The molecule has 6 nitrogen and oxygen atoms in total. The molecule has 1 unspecified atom stereocenters. The molecule has 2 aliphatic rings. The van der Waals surface area contributed by atoms with E-state index in [9.17, 15) is 9.59 Å². The summed E-state index contributed by atoms with van der Waals surface area (Å²) in [6.45, 7) is 1.42. The van der Waals surface area contributed by atoms with Gasteiger partial charge in [-0.2, -0.15) is 0 Å². The average Bonchev–Trinajstić information content (AvgIpc) is 3.13. The van der Waals surface area contributed by atoms with Crippen molar-refractivity contribution in [3.63, 3.8) is 0 Å². The third-order valence-electron chi connectivity index (χ3n) is 5.26. The summed E-state index contributed by atoms with van der Waals surface area (Å²) >= 11 is 0. The lowest BCUT2D eigenvalue weighted by Crippen LogP contribution is -2.44. The Labute approximate surface area is 148 Å². The van der Waals surface area contributed by atoms with E-state index in [0.29, 0.717) is 18.7 Å². The zero-order chi connectivity index (χ0) is 17.6. The van der Waals surface area contributed by atoms with E-state index in [1.807, 2.05) is 4.90 Å². The molecule has 2 heterocycles. The molecule has 2 N–H and O–H groups in total. The predicted octanol–water partition coefficient (Wildman–Crippen LogP) is 2.52. The first kappa shape index (κ1) is 17.7. The molecule has 0 bridgehead atoms. The fourth-order valence-electron chi connectivity index (χ4n) is 3.86. The van der Waals surface area contributed by atoms with Crippen molar-refractivity contribution < 1.29 is 14.3 Å². The molecule has 0 aromatic carbocycles. The van der Waals surface area contributed by atoms with Gasteiger partial charge in [-0.05, 0) is 31.2 Å². The fraction of sp³-hybridized carbons (Fsp3) is 0.632. The van der Waals surface area contributed by atoms with Crippen LogP contribution in [0.3, 0.4) is 0 Å². The molecule has 3 rings (SSSR count). The summed E-state index contributed by atoms with van der Waals surface area (Å²) in [5.41, 5.74) is 5.45. The van der Waals surface area contributed by atoms with Gasteiger partial charge in [-0.3, -0.25) is 14.6 Å². The highest BCUT2D eigenvalue weighted by Gasteiger charge is 2.26. The molecule has 0 radical (unpaired) electrons. The molecule has 1 saturated heterocycles. The summed E-state index contributed by atoms with van der Waals surface area (Å²) < 4.78 is 5.96. The van der Waals surface area contributed by atoms with Crippen molar-refractivity contribution in [3.05, 3.63) is 24.0 Å². The number of ether oxygens (including phenoxy) is 1. The Morgan fingerprint density at radius 3 is 2.80 bits per heavy atom. The number of hydrogen-bond acceptors (Lipinski definition) is 4. The number of carbonyl (C=O) groups excluding carboxylic acids is 2. The van der Waals surface area contributed by atoms with Gasteiger partial charge in [0.05, 0.1) is 6.54 Å². The number of nitrogens with two attached hydrogens (primary N) is 1. The molecule has 1 aliphatic heterocycles. The predicted molar refractivity (Wildman–Crippen MR) is 94.2 cm³/mol. The van der Waals surface area contributed by atoms with Crippen LogP contribution < -0.4 is 10.5 Å². The Kier molecular flexibility index (Phi) is 5.89. The van der Waals surface area contributed by atoms with Crippen LogP contribution in [0, 0.1) is 5.92 Å². The molecule has 136 valence electrons. The maximum absolute atomic E-state index is 12.5. The van der Waals surface area contributed by atoms with E-state index in [1.165, 1.54) is 31.9 Å². The maximum atomic E-state index is 12.5. The third kappa shape index (κ3) is 4.94. The number of piperidine rings is 1. The lowest BCUT2D eigenvalue weighted by atomic mass is 10.0. The van der Waals surface area contributed by atoms with E-state index >= 15 is 0 Å². The summed E-state index contributed by atoms with van der Waals surface area (Å²) in [5.74, 6) is 0.990. The molecule has 2 fully saturated rings. The van der Waals surface area contributed by atoms with Gasteiger partial charge >= 0.3 is 0 Å². The van der Waals surface area contributed by atoms with Crippen LogP contribution in [0.2, 0.25) is 0 Å². The van der Waals surface area contributed by atoms with Crippen molar-refractivity contribution in [1.82, 2.24) is 9.88 Å². The first-order chi connectivity index (χ1) is 12.1. The van der Waals surface area contributed by atoms with Gasteiger partial charge in [-0.25, -0.2) is 0 Å². The third-order valence-corrected chi connectivity index (χ3v) is 5.26. The lowest BCUT2D eigenvalue weighted by Gasteiger charge is -2.33. The first-order valence-electron chi connectivity index (χ1n) is 9.32. The molecule has 1 saturated carbocycles. The minimum absolute atomic E-state index is 0.0488. The minimum Gasteiger partial charge on any atom is -0.488 e. The fourth-order valence-corrected chi connectivity index (χ4v) is 3.86. The minimum atomic E-state index is -0.571. The summed E-state index contributed by atoms with van der Waals surface area (Å²) in [7, 11) is 0. The second kappa shape index (κ2) is 8.32. The van der Waals surface area contributed by atoms with Crippen LogP contribution in [-0.2, 0) is 4.79 Å². The normalized spacial score (nSPS) is 21.3. The van der Waals surface area contributed by atoms with Crippen molar-refractivity contribution >= 4 is 11.8 Å². The van der Waals surface area contributed by atoms with Gasteiger partial charge in [0.2, 0.25) is 5.91 Å². The zero-order valence-electron chi connectivity index (χ0n) is 14.7. The van der Waals surface area contributed by atoms with E-state index in [-0.39, 0.29) is 17.7 Å². The van der Waals surface area contributed by atoms with Gasteiger partial charge in [-0.15, -0.1) is 0 Å². The quantitative estimate of drug-likeness (QED) is 0.858. The lowest BCUT2D eigenvalue weighted by molar-refractivity contribution is -0.134. The van der Waals surface area contributed by atoms with Crippen LogP contribution in [0.1, 0.15) is 61.9 Å². The van der Waals surface area contributed by atoms with Crippen LogP contribution in [0.4, 0.5) is 0 Å². The standard InChI is InChI=1S/C19H27N3O3/c20-19(24)17-12-15(9-10-21-17)25-16-6-3-11-22(13-16)18(23)8-7-14-4-1-2-5-14/h9-10,12,14,16H,1-8,11,13H2,(H2,20,24). The van der Waals surface area contributed by atoms with Gasteiger partial charge in [0, 0.05) is 25.2 Å². The highest BCUT2D eigenvalue weighted by Crippen LogP contribution is 2.29. The number of amides is 2. The molecule has 1 aliphatic carbocycles. The van der Waals surface area contributed by atoms with Crippen LogP contribution in [0.5, 0.6) is 5.75 Å². The van der Waals surface area contributed by atoms with Crippen molar-refractivity contribution in [3.8, 4) is 5.75 Å². The van der Waals surface area contributed by atoms with Gasteiger partial charge in [0.25, 0.3) is 5.91 Å². The molecule has 1 aromatic heterocycles. The molecule has 2 amide bonds. The van der Waals surface area contributed by atoms with E-state index in [0.717, 1.165) is 31.7 Å². The van der Waals surface area contributed by atoms with E-state index in [4.69, 9.17) is 10.5 Å². The number of aromatic nitrogens is 1. The van der Waals surface area contributed by atoms with Gasteiger partial charge in [0.1, 0.15) is 17.5 Å². The number of primary amides is 1. The highest BCUT2D eigenvalue weighted by atomic mass is 16.5. The van der Waals surface area contributed by atoms with Crippen LogP contribution in [0.15, 0.2) is 18.3 Å². The Morgan fingerprint density at radius 2 is 2.04 bits per heavy atom. The summed E-state index contributed by atoms with van der Waals surface area (Å²) in [6.07, 6.45) is 10.2. The number of pyridine rings is 1. The number of rotatable bonds is 6. The number of nitrogens with zero attached hydrogens (tertiary/aromatic N) is 2. The van der Waals surface area contributed by atoms with Crippen molar-refractivity contribution in [2.75, 3.05) is 13.1 Å². The molecule has 25 heavy (non-hydrogen) atoms. The Morgan fingerprint density at radius 1 is 1.24 bits per heavy atom. The summed E-state index contributed by atoms with van der Waals surface area (Å²) in [6, 6.07) is 3.27. The topological polar surface area (TPSA) is 85.5 Å². The zero-order valence-corrected chi connectivity index (χ0v) is 14.7. The SMILES string of the molecule is NC(=O)c1cc(OC2CCCN(C(=O)CCC3CCCC3)C2)ccn1. The number of carbonyl (C=O) groups is 2. The van der Waals surface area contributed by atoms with E-state index in [1.54, 1.807) is 12.1 Å². The van der Waals surface area contributed by atoms with Crippen LogP contribution in [0.25, 0.3) is 0 Å². The molecule has 0 spiro atoms. The van der Waals surface area contributed by atoms with E-state index < -0.39 is 5.91 Å². The average molecular weight is 345 g/mol. The molecule has 1 aromatic rings. The molecular formula is C19H27N3O3. The molecular weight excluding hydrogens is 318 g/mol. The van der Waals surface area contributed by atoms with Gasteiger partial charge in [-0.1, -0.05) is 25.7 Å². The second-order valence-corrected chi connectivity index (χ2v) is 7.15. The first-order valence-corrected chi connectivity index (χ1v) is 9.32. The maximum Gasteiger partial charge on any atom is 0.267 e. The number of likely N-dealkylation sites (tertiary alicyclic amines) is 1. The molecule has 6 heteroatoms. The smallest absolute Gasteiger partial charge is 0.267 e. The Hall–Kier alpha value is -2.11. The monoisotopic (exact) mass is 345 g/mol. The molecule has 1 atom stereocenters. The van der Waals surface area contributed by atoms with Crippen molar-refractivity contribution in [2.45, 2.75) is 57.5 Å². The number of hydrogen-bond donors (Lipinski definition) is 1. The second-order valence-electron chi connectivity index (χ2n) is 7.15. The van der Waals surface area contributed by atoms with Crippen molar-refractivity contribution in [2.24, 2.45) is 11.7 Å². The van der Waals surface area contributed by atoms with Crippen LogP contribution in [-0.4, -0.2) is 40.9 Å². The van der Waals surface area contributed by atoms with Gasteiger partial charge < -0.3 is 15.4 Å². The Bertz CT molecular complexity index is 614.